The molecule has 12 heavy (non-hydrogen) atoms. The molecule has 2 nitrogen and oxygen atoms in total. The second kappa shape index (κ2) is 7.14. The summed E-state index contributed by atoms with van der Waals surface area (Å²) < 4.78 is 0. The van der Waals surface area contributed by atoms with Gasteiger partial charge in [0.15, 0.2) is 0 Å². The Morgan fingerprint density at radius 3 is 2.67 bits per heavy atom. The van der Waals surface area contributed by atoms with E-state index in [4.69, 9.17) is 0 Å². The zero-order valence-corrected chi connectivity index (χ0v) is 8.52. The summed E-state index contributed by atoms with van der Waals surface area (Å²) in [6.07, 6.45) is 4.31. The van der Waals surface area contributed by atoms with Gasteiger partial charge in [-0.1, -0.05) is 27.2 Å². The maximum atomic E-state index is 10.8. The molecule has 1 unspecified atom stereocenters. The molecule has 0 radical (unpaired) electrons. The molecule has 0 aromatic rings. The maximum absolute atomic E-state index is 10.8. The number of carbonyl (C=O) groups is 1. The van der Waals surface area contributed by atoms with Gasteiger partial charge in [0.2, 0.25) is 5.91 Å². The summed E-state index contributed by atoms with van der Waals surface area (Å²) in [7, 11) is 0. The van der Waals surface area contributed by atoms with Crippen LogP contribution in [0, 0.1) is 5.92 Å². The molecule has 1 saturated heterocycles. The Morgan fingerprint density at radius 2 is 2.08 bits per heavy atom. The third-order valence-electron chi connectivity index (χ3n) is 1.73. The van der Waals surface area contributed by atoms with Crippen LogP contribution in [0.2, 0.25) is 0 Å². The smallest absolute Gasteiger partial charge is 0.220 e. The summed E-state index contributed by atoms with van der Waals surface area (Å²) in [5.41, 5.74) is 0. The van der Waals surface area contributed by atoms with Crippen LogP contribution in [0.15, 0.2) is 0 Å². The molecular weight excluding hydrogens is 150 g/mol. The molecule has 1 heterocycles. The van der Waals surface area contributed by atoms with Gasteiger partial charge in [-0.15, -0.1) is 0 Å². The molecule has 0 aromatic heterocycles. The molecule has 0 aromatic carbocycles. The van der Waals surface area contributed by atoms with Crippen molar-refractivity contribution < 1.29 is 4.79 Å². The minimum Gasteiger partial charge on any atom is -0.356 e. The van der Waals surface area contributed by atoms with Crippen LogP contribution in [0.1, 0.15) is 46.5 Å². The van der Waals surface area contributed by atoms with Crippen molar-refractivity contribution in [1.29, 1.82) is 0 Å². The van der Waals surface area contributed by atoms with Crippen molar-refractivity contribution in [2.24, 2.45) is 5.92 Å². The monoisotopic (exact) mass is 171 g/mol. The van der Waals surface area contributed by atoms with E-state index in [1.54, 1.807) is 0 Å². The molecule has 0 saturated carbocycles. The fraction of sp³-hybridized carbons (Fsp3) is 0.900. The molecule has 1 atom stereocenters. The standard InChI is InChI=1S/C7H13NO.C3H8/c1-6-3-2-4-8-7(9)5-6;1-3-2/h6H,2-5H2,1H3,(H,8,9);3H2,1-2H3. The highest BCUT2D eigenvalue weighted by atomic mass is 16.1. The summed E-state index contributed by atoms with van der Waals surface area (Å²) in [6, 6.07) is 0. The number of hydrogen-bond donors (Lipinski definition) is 1. The molecule has 1 N–H and O–H groups in total. The van der Waals surface area contributed by atoms with Crippen LogP contribution in [-0.4, -0.2) is 12.5 Å². The first kappa shape index (κ1) is 11.5. The summed E-state index contributed by atoms with van der Waals surface area (Å²) in [4.78, 5) is 10.8. The van der Waals surface area contributed by atoms with Gasteiger partial charge in [-0.2, -0.15) is 0 Å². The van der Waals surface area contributed by atoms with Gasteiger partial charge in [0.05, 0.1) is 0 Å². The van der Waals surface area contributed by atoms with E-state index in [1.807, 2.05) is 0 Å². The van der Waals surface area contributed by atoms with Crippen molar-refractivity contribution in [1.82, 2.24) is 5.32 Å². The molecule has 1 aliphatic heterocycles. The summed E-state index contributed by atoms with van der Waals surface area (Å²) in [5.74, 6) is 0.813. The van der Waals surface area contributed by atoms with Crippen molar-refractivity contribution >= 4 is 5.91 Å². The van der Waals surface area contributed by atoms with Crippen molar-refractivity contribution in [3.8, 4) is 0 Å². The summed E-state index contributed by atoms with van der Waals surface area (Å²) in [6.45, 7) is 7.26. The quantitative estimate of drug-likeness (QED) is 0.595. The van der Waals surface area contributed by atoms with Gasteiger partial charge in [0.25, 0.3) is 0 Å². The van der Waals surface area contributed by atoms with Crippen LogP contribution in [0.4, 0.5) is 0 Å². The Labute approximate surface area is 75.7 Å². The van der Waals surface area contributed by atoms with Crippen LogP contribution < -0.4 is 5.32 Å². The van der Waals surface area contributed by atoms with Gasteiger partial charge >= 0.3 is 0 Å². The number of carbonyl (C=O) groups excluding carboxylic acids is 1. The van der Waals surface area contributed by atoms with Gasteiger partial charge in [-0.25, -0.2) is 0 Å². The minimum absolute atomic E-state index is 0.222. The molecule has 2 heteroatoms. The van der Waals surface area contributed by atoms with Crippen LogP contribution in [0.3, 0.4) is 0 Å². The number of hydrogen-bond acceptors (Lipinski definition) is 1. The normalized spacial score (nSPS) is 23.2. The first-order valence-corrected chi connectivity index (χ1v) is 4.97. The first-order valence-electron chi connectivity index (χ1n) is 4.97. The van der Waals surface area contributed by atoms with E-state index < -0.39 is 0 Å². The lowest BCUT2D eigenvalue weighted by atomic mass is 10.0. The van der Waals surface area contributed by atoms with Gasteiger partial charge in [-0.3, -0.25) is 4.79 Å². The Hall–Kier alpha value is -0.530. The van der Waals surface area contributed by atoms with Gasteiger partial charge in [0, 0.05) is 13.0 Å². The SMILES string of the molecule is CC1CCCNC(=O)C1.CCC. The van der Waals surface area contributed by atoms with Crippen LogP contribution in [-0.2, 0) is 4.79 Å². The minimum atomic E-state index is 0.222. The number of rotatable bonds is 0. The Bertz CT molecular complexity index is 123. The van der Waals surface area contributed by atoms with Crippen LogP contribution >= 0.6 is 0 Å². The third-order valence-corrected chi connectivity index (χ3v) is 1.73. The highest BCUT2D eigenvalue weighted by Crippen LogP contribution is 2.11. The lowest BCUT2D eigenvalue weighted by Gasteiger charge is -2.01. The number of nitrogens with one attached hydrogen (secondary N) is 1. The topological polar surface area (TPSA) is 29.1 Å². The van der Waals surface area contributed by atoms with Crippen LogP contribution in [0.25, 0.3) is 0 Å². The highest BCUT2D eigenvalue weighted by molar-refractivity contribution is 5.76. The first-order chi connectivity index (χ1) is 5.70. The Morgan fingerprint density at radius 1 is 1.50 bits per heavy atom. The predicted molar refractivity (Wildman–Crippen MR) is 52.0 cm³/mol. The van der Waals surface area contributed by atoms with Crippen molar-refractivity contribution in [2.45, 2.75) is 46.5 Å². The molecule has 72 valence electrons. The summed E-state index contributed by atoms with van der Waals surface area (Å²) in [5, 5.41) is 2.84. The third kappa shape index (κ3) is 6.20. The van der Waals surface area contributed by atoms with E-state index >= 15 is 0 Å². The lowest BCUT2D eigenvalue weighted by Crippen LogP contribution is -2.21. The van der Waals surface area contributed by atoms with E-state index in [9.17, 15) is 4.79 Å². The molecular formula is C10H21NO. The molecule has 0 aliphatic carbocycles. The van der Waals surface area contributed by atoms with E-state index in [0.717, 1.165) is 19.4 Å². The fourth-order valence-corrected chi connectivity index (χ4v) is 1.17. The average Bonchev–Trinajstić information content (AvgIpc) is 2.15. The van der Waals surface area contributed by atoms with Crippen molar-refractivity contribution in [3.63, 3.8) is 0 Å². The fourth-order valence-electron chi connectivity index (χ4n) is 1.17. The largest absolute Gasteiger partial charge is 0.356 e. The molecule has 0 spiro atoms. The van der Waals surface area contributed by atoms with E-state index in [0.29, 0.717) is 5.92 Å². The average molecular weight is 171 g/mol. The second-order valence-electron chi connectivity index (χ2n) is 3.51. The predicted octanol–water partition coefficient (Wildman–Crippen LogP) is 2.34. The van der Waals surface area contributed by atoms with Gasteiger partial charge < -0.3 is 5.32 Å². The van der Waals surface area contributed by atoms with Crippen molar-refractivity contribution in [2.75, 3.05) is 6.54 Å². The molecule has 1 fully saturated rings. The molecule has 1 aliphatic rings. The summed E-state index contributed by atoms with van der Waals surface area (Å²) >= 11 is 0. The van der Waals surface area contributed by atoms with E-state index in [-0.39, 0.29) is 5.91 Å². The zero-order chi connectivity index (χ0) is 9.40. The zero-order valence-electron chi connectivity index (χ0n) is 8.52. The Kier molecular flexibility index (Phi) is 6.82. The van der Waals surface area contributed by atoms with Gasteiger partial charge in [0.1, 0.15) is 0 Å². The lowest BCUT2D eigenvalue weighted by molar-refractivity contribution is -0.121. The molecule has 0 bridgehead atoms. The maximum Gasteiger partial charge on any atom is 0.220 e. The molecule has 1 amide bonds. The van der Waals surface area contributed by atoms with E-state index in [1.165, 1.54) is 12.8 Å². The van der Waals surface area contributed by atoms with Crippen LogP contribution in [0.5, 0.6) is 0 Å². The van der Waals surface area contributed by atoms with Gasteiger partial charge in [-0.05, 0) is 18.8 Å². The second-order valence-corrected chi connectivity index (χ2v) is 3.51. The highest BCUT2D eigenvalue weighted by Gasteiger charge is 2.11. The molecule has 1 rings (SSSR count). The Balaban J connectivity index is 0.000000354. The van der Waals surface area contributed by atoms with E-state index in [2.05, 4.69) is 26.1 Å². The number of amides is 1. The van der Waals surface area contributed by atoms with Crippen molar-refractivity contribution in [3.05, 3.63) is 0 Å².